The van der Waals surface area contributed by atoms with E-state index in [1.807, 2.05) is 0 Å². The van der Waals surface area contributed by atoms with Gasteiger partial charge in [0.15, 0.2) is 0 Å². The molecule has 0 heterocycles. The van der Waals surface area contributed by atoms with Crippen molar-refractivity contribution < 1.29 is 19.0 Å². The van der Waals surface area contributed by atoms with Gasteiger partial charge in [-0.1, -0.05) is 0 Å². The Morgan fingerprint density at radius 2 is 2.18 bits per heavy atom. The van der Waals surface area contributed by atoms with Gasteiger partial charge in [0.25, 0.3) is 0 Å². The van der Waals surface area contributed by atoms with Gasteiger partial charge in [-0.05, 0) is 0 Å². The molecule has 0 aromatic heterocycles. The minimum atomic E-state index is -0.727. The summed E-state index contributed by atoms with van der Waals surface area (Å²) in [7, 11) is 2.77. The molecule has 2 N–H and O–H groups in total. The molecule has 0 rings (SSSR count). The summed E-state index contributed by atoms with van der Waals surface area (Å²) in [5, 5.41) is 0. The molecule has 0 fully saturated rings. The number of ether oxygens (including phenoxy) is 3. The molecule has 1 atom stereocenters. The molecular formula is C6H13NO4. The molecule has 11 heavy (non-hydrogen) atoms. The fourth-order valence-electron chi connectivity index (χ4n) is 0.478. The van der Waals surface area contributed by atoms with E-state index in [1.165, 1.54) is 14.2 Å². The highest BCUT2D eigenvalue weighted by Gasteiger charge is 2.12. The van der Waals surface area contributed by atoms with Gasteiger partial charge in [0, 0.05) is 7.11 Å². The number of hydrogen-bond donors (Lipinski definition) is 1. The van der Waals surface area contributed by atoms with Gasteiger partial charge in [0.1, 0.15) is 12.8 Å². The van der Waals surface area contributed by atoms with Crippen LogP contribution in [-0.4, -0.2) is 39.6 Å². The number of rotatable bonds is 5. The topological polar surface area (TPSA) is 70.8 Å². The number of carbonyl (C=O) groups excluding carboxylic acids is 1. The molecule has 5 nitrogen and oxygen atoms in total. The third-order valence-electron chi connectivity index (χ3n) is 1.00. The predicted octanol–water partition coefficient (Wildman–Crippen LogP) is -0.893. The van der Waals surface area contributed by atoms with Crippen molar-refractivity contribution in [2.45, 2.75) is 6.04 Å². The number of methoxy groups -OCH3 is 2. The van der Waals surface area contributed by atoms with Crippen molar-refractivity contribution in [2.24, 2.45) is 5.73 Å². The Labute approximate surface area is 65.4 Å². The molecule has 0 aliphatic rings. The maximum absolute atomic E-state index is 10.6. The van der Waals surface area contributed by atoms with Crippen molar-refractivity contribution in [3.05, 3.63) is 0 Å². The summed E-state index contributed by atoms with van der Waals surface area (Å²) >= 11 is 0. The number of carbonyl (C=O) groups is 1. The Bertz CT molecular complexity index is 117. The van der Waals surface area contributed by atoms with Gasteiger partial charge in [-0.25, -0.2) is 0 Å². The quantitative estimate of drug-likeness (QED) is 0.323. The van der Waals surface area contributed by atoms with Gasteiger partial charge in [-0.2, -0.15) is 0 Å². The lowest BCUT2D eigenvalue weighted by Gasteiger charge is -2.08. The zero-order valence-electron chi connectivity index (χ0n) is 6.70. The normalized spacial score (nSPS) is 12.6. The van der Waals surface area contributed by atoms with Crippen LogP contribution in [0.2, 0.25) is 0 Å². The van der Waals surface area contributed by atoms with Crippen molar-refractivity contribution in [1.82, 2.24) is 0 Å². The van der Waals surface area contributed by atoms with Crippen LogP contribution in [0, 0.1) is 0 Å². The van der Waals surface area contributed by atoms with Gasteiger partial charge in [0.2, 0.25) is 0 Å². The summed E-state index contributed by atoms with van der Waals surface area (Å²) in [6.45, 7) is 0.241. The minimum Gasteiger partial charge on any atom is -0.468 e. The molecule has 0 spiro atoms. The fraction of sp³-hybridized carbons (Fsp3) is 0.833. The van der Waals surface area contributed by atoms with E-state index in [0.717, 1.165) is 0 Å². The summed E-state index contributed by atoms with van der Waals surface area (Å²) in [6, 6.07) is -0.727. The Morgan fingerprint density at radius 1 is 1.55 bits per heavy atom. The summed E-state index contributed by atoms with van der Waals surface area (Å²) in [6.07, 6.45) is 0. The highest BCUT2D eigenvalue weighted by atomic mass is 16.7. The first-order valence-electron chi connectivity index (χ1n) is 3.12. The van der Waals surface area contributed by atoms with Crippen molar-refractivity contribution in [3.63, 3.8) is 0 Å². The molecule has 0 amide bonds. The van der Waals surface area contributed by atoms with E-state index in [-0.39, 0.29) is 13.4 Å². The maximum atomic E-state index is 10.6. The average Bonchev–Trinajstić information content (AvgIpc) is 2.03. The molecule has 0 radical (unpaired) electrons. The van der Waals surface area contributed by atoms with Gasteiger partial charge in [-0.15, -0.1) is 0 Å². The monoisotopic (exact) mass is 163 g/mol. The Morgan fingerprint density at radius 3 is 2.64 bits per heavy atom. The molecule has 0 aliphatic heterocycles. The maximum Gasteiger partial charge on any atom is 0.325 e. The van der Waals surface area contributed by atoms with Crippen LogP contribution in [0.25, 0.3) is 0 Å². The van der Waals surface area contributed by atoms with Crippen LogP contribution in [0.4, 0.5) is 0 Å². The first-order valence-corrected chi connectivity index (χ1v) is 3.12. The molecule has 0 aliphatic carbocycles. The van der Waals surface area contributed by atoms with Gasteiger partial charge in [-0.3, -0.25) is 4.79 Å². The van der Waals surface area contributed by atoms with Crippen molar-refractivity contribution >= 4 is 5.97 Å². The first-order chi connectivity index (χ1) is 5.22. The third kappa shape index (κ3) is 4.72. The Kier molecular flexibility index (Phi) is 5.73. The zero-order chi connectivity index (χ0) is 8.69. The second-order valence-corrected chi connectivity index (χ2v) is 1.91. The lowest BCUT2D eigenvalue weighted by atomic mass is 10.3. The van der Waals surface area contributed by atoms with E-state index in [9.17, 15) is 4.79 Å². The molecule has 1 unspecified atom stereocenters. The van der Waals surface area contributed by atoms with Crippen LogP contribution in [0.1, 0.15) is 0 Å². The molecule has 0 aromatic rings. The summed E-state index contributed by atoms with van der Waals surface area (Å²) < 4.78 is 13.8. The molecule has 66 valence electrons. The van der Waals surface area contributed by atoms with E-state index in [1.54, 1.807) is 0 Å². The number of nitrogens with two attached hydrogens (primary N) is 1. The van der Waals surface area contributed by atoms with Crippen molar-refractivity contribution in [1.29, 1.82) is 0 Å². The molecule has 0 bridgehead atoms. The lowest BCUT2D eigenvalue weighted by molar-refractivity contribution is -0.144. The Hall–Kier alpha value is -0.650. The second kappa shape index (κ2) is 6.09. The number of hydrogen-bond acceptors (Lipinski definition) is 5. The summed E-state index contributed by atoms with van der Waals surface area (Å²) in [5.74, 6) is -0.485. The van der Waals surface area contributed by atoms with Crippen LogP contribution >= 0.6 is 0 Å². The molecule has 0 saturated carbocycles. The van der Waals surface area contributed by atoms with Crippen molar-refractivity contribution in [3.8, 4) is 0 Å². The van der Waals surface area contributed by atoms with Crippen LogP contribution in [0.5, 0.6) is 0 Å². The van der Waals surface area contributed by atoms with Crippen LogP contribution in [0.15, 0.2) is 0 Å². The van der Waals surface area contributed by atoms with Gasteiger partial charge in [0.05, 0.1) is 13.7 Å². The predicted molar refractivity (Wildman–Crippen MR) is 37.8 cm³/mol. The minimum absolute atomic E-state index is 0.112. The molecule has 0 saturated heterocycles. The van der Waals surface area contributed by atoms with Gasteiger partial charge >= 0.3 is 5.97 Å². The highest BCUT2D eigenvalue weighted by Crippen LogP contribution is 1.85. The van der Waals surface area contributed by atoms with E-state index < -0.39 is 12.0 Å². The van der Waals surface area contributed by atoms with E-state index in [0.29, 0.717) is 0 Å². The smallest absolute Gasteiger partial charge is 0.325 e. The molecule has 5 heteroatoms. The SMILES string of the molecule is COCOCC(N)C(=O)OC. The largest absolute Gasteiger partial charge is 0.468 e. The lowest BCUT2D eigenvalue weighted by Crippen LogP contribution is -2.36. The van der Waals surface area contributed by atoms with E-state index in [2.05, 4.69) is 9.47 Å². The first kappa shape index (κ1) is 10.3. The zero-order valence-corrected chi connectivity index (χ0v) is 6.70. The third-order valence-corrected chi connectivity index (χ3v) is 1.00. The van der Waals surface area contributed by atoms with Crippen LogP contribution < -0.4 is 5.73 Å². The van der Waals surface area contributed by atoms with Crippen molar-refractivity contribution in [2.75, 3.05) is 27.6 Å². The standard InChI is InChI=1S/C6H13NO4/c1-9-4-11-3-5(7)6(8)10-2/h5H,3-4,7H2,1-2H3. The highest BCUT2D eigenvalue weighted by molar-refractivity contribution is 5.75. The van der Waals surface area contributed by atoms with Gasteiger partial charge < -0.3 is 19.9 Å². The molecular weight excluding hydrogens is 150 g/mol. The average molecular weight is 163 g/mol. The fourth-order valence-corrected chi connectivity index (χ4v) is 0.478. The van der Waals surface area contributed by atoms with E-state index >= 15 is 0 Å². The number of esters is 1. The van der Waals surface area contributed by atoms with Crippen LogP contribution in [0.3, 0.4) is 0 Å². The second-order valence-electron chi connectivity index (χ2n) is 1.91. The summed E-state index contributed by atoms with van der Waals surface area (Å²) in [5.41, 5.74) is 5.31. The van der Waals surface area contributed by atoms with E-state index in [4.69, 9.17) is 10.5 Å². The Balaban J connectivity index is 3.36. The summed E-state index contributed by atoms with van der Waals surface area (Å²) in [4.78, 5) is 10.6. The molecule has 0 aromatic carbocycles. The van der Waals surface area contributed by atoms with Crippen LogP contribution in [-0.2, 0) is 19.0 Å².